The summed E-state index contributed by atoms with van der Waals surface area (Å²) in [5.41, 5.74) is 2.11. The van der Waals surface area contributed by atoms with E-state index in [4.69, 9.17) is 28.2 Å². The Hall–Kier alpha value is -3.14. The fraction of sp³-hybridized carbons (Fsp3) is 0. The van der Waals surface area contributed by atoms with E-state index in [0.29, 0.717) is 22.8 Å². The number of hydrogen-bond acceptors (Lipinski definition) is 5. The van der Waals surface area contributed by atoms with Crippen molar-refractivity contribution in [3.8, 4) is 39.9 Å². The van der Waals surface area contributed by atoms with Crippen molar-refractivity contribution in [2.75, 3.05) is 0 Å². The van der Waals surface area contributed by atoms with Crippen LogP contribution >= 0.6 is 34.5 Å². The number of rotatable bonds is 4. The first kappa shape index (κ1) is 19.8. The summed E-state index contributed by atoms with van der Waals surface area (Å²) in [6, 6.07) is 10.7. The maximum Gasteiger partial charge on any atom is 0.225 e. The summed E-state index contributed by atoms with van der Waals surface area (Å²) < 4.78 is 30.7. The van der Waals surface area contributed by atoms with Crippen LogP contribution in [0.5, 0.6) is 0 Å². The lowest BCUT2D eigenvalue weighted by Gasteiger charge is -2.14. The first-order chi connectivity index (χ1) is 15.0. The Bertz CT molecular complexity index is 1380. The molecule has 11 heteroatoms. The Morgan fingerprint density at radius 1 is 1.00 bits per heavy atom. The van der Waals surface area contributed by atoms with Crippen LogP contribution in [-0.4, -0.2) is 30.2 Å². The highest BCUT2D eigenvalue weighted by molar-refractivity contribution is 7.08. The van der Waals surface area contributed by atoms with Gasteiger partial charge in [-0.3, -0.25) is 4.57 Å². The highest BCUT2D eigenvalue weighted by atomic mass is 35.5. The number of imidazole rings is 1. The molecule has 154 valence electrons. The van der Waals surface area contributed by atoms with Crippen LogP contribution in [0.15, 0.2) is 53.2 Å². The molecule has 0 saturated carbocycles. The van der Waals surface area contributed by atoms with Gasteiger partial charge < -0.3 is 0 Å². The van der Waals surface area contributed by atoms with Crippen molar-refractivity contribution in [3.05, 3.63) is 74.9 Å². The quantitative estimate of drug-likeness (QED) is 0.345. The van der Waals surface area contributed by atoms with Crippen LogP contribution in [0.25, 0.3) is 39.9 Å². The number of nitrogens with zero attached hydrogens (tertiary/aromatic N) is 5. The largest absolute Gasteiger partial charge is 0.289 e. The molecule has 5 rings (SSSR count). The van der Waals surface area contributed by atoms with Crippen LogP contribution in [0.4, 0.5) is 8.78 Å². The number of aromatic amines is 1. The molecule has 3 heterocycles. The third-order valence-electron chi connectivity index (χ3n) is 4.58. The van der Waals surface area contributed by atoms with E-state index in [1.54, 1.807) is 16.7 Å². The highest BCUT2D eigenvalue weighted by Gasteiger charge is 2.27. The van der Waals surface area contributed by atoms with Gasteiger partial charge in [-0.1, -0.05) is 29.3 Å². The van der Waals surface area contributed by atoms with Crippen molar-refractivity contribution in [3.63, 3.8) is 0 Å². The number of tetrazole rings is 1. The second-order valence-electron chi connectivity index (χ2n) is 6.42. The predicted molar refractivity (Wildman–Crippen MR) is 115 cm³/mol. The molecule has 3 aromatic heterocycles. The summed E-state index contributed by atoms with van der Waals surface area (Å²) in [5, 5.41) is 17.7. The van der Waals surface area contributed by atoms with E-state index in [0.717, 1.165) is 5.56 Å². The molecule has 0 spiro atoms. The van der Waals surface area contributed by atoms with E-state index in [1.807, 2.05) is 16.8 Å². The molecule has 0 fully saturated rings. The molecule has 0 radical (unpaired) electrons. The summed E-state index contributed by atoms with van der Waals surface area (Å²) in [7, 11) is 0. The second-order valence-corrected chi connectivity index (χ2v) is 8.01. The Kier molecular flexibility index (Phi) is 5.01. The van der Waals surface area contributed by atoms with Crippen molar-refractivity contribution in [1.29, 1.82) is 0 Å². The summed E-state index contributed by atoms with van der Waals surface area (Å²) in [6.45, 7) is 0. The zero-order valence-electron chi connectivity index (χ0n) is 15.4. The average Bonchev–Trinajstić information content (AvgIpc) is 3.52. The zero-order chi connectivity index (χ0) is 21.5. The van der Waals surface area contributed by atoms with Crippen molar-refractivity contribution in [1.82, 2.24) is 30.2 Å². The molecule has 0 aliphatic carbocycles. The zero-order valence-corrected chi connectivity index (χ0v) is 17.7. The average molecular weight is 475 g/mol. The SMILES string of the molecule is Fc1ccc(-c2c(-c3nn[nH]n3)nc(-c3ccsc3)n2-c2cccc(Cl)c2F)cc1Cl. The lowest BCUT2D eigenvalue weighted by Crippen LogP contribution is -2.03. The van der Waals surface area contributed by atoms with Gasteiger partial charge in [-0.2, -0.15) is 16.6 Å². The number of benzene rings is 2. The van der Waals surface area contributed by atoms with Gasteiger partial charge in [-0.25, -0.2) is 13.8 Å². The Morgan fingerprint density at radius 2 is 1.87 bits per heavy atom. The molecule has 0 atom stereocenters. The summed E-state index contributed by atoms with van der Waals surface area (Å²) in [6.07, 6.45) is 0. The van der Waals surface area contributed by atoms with Gasteiger partial charge >= 0.3 is 0 Å². The normalized spacial score (nSPS) is 11.2. The fourth-order valence-corrected chi connectivity index (χ4v) is 4.22. The van der Waals surface area contributed by atoms with Gasteiger partial charge in [0.05, 0.1) is 21.4 Å². The molecule has 31 heavy (non-hydrogen) atoms. The molecule has 6 nitrogen and oxygen atoms in total. The molecule has 0 aliphatic rings. The van der Waals surface area contributed by atoms with Crippen LogP contribution in [-0.2, 0) is 0 Å². The van der Waals surface area contributed by atoms with Gasteiger partial charge in [-0.15, -0.1) is 10.2 Å². The third kappa shape index (κ3) is 3.40. The summed E-state index contributed by atoms with van der Waals surface area (Å²) in [5.74, 6) is -0.595. The Balaban J connectivity index is 1.92. The second kappa shape index (κ2) is 7.84. The molecular weight excluding hydrogens is 465 g/mol. The van der Waals surface area contributed by atoms with E-state index >= 15 is 4.39 Å². The lowest BCUT2D eigenvalue weighted by atomic mass is 10.1. The van der Waals surface area contributed by atoms with Crippen LogP contribution in [0.1, 0.15) is 0 Å². The molecule has 0 aliphatic heterocycles. The predicted octanol–water partition coefficient (Wildman–Crippen LogP) is 6.03. The Morgan fingerprint density at radius 3 is 2.58 bits per heavy atom. The van der Waals surface area contributed by atoms with E-state index in [1.165, 1.54) is 35.6 Å². The van der Waals surface area contributed by atoms with Crippen LogP contribution in [0.2, 0.25) is 10.0 Å². The van der Waals surface area contributed by atoms with Crippen LogP contribution < -0.4 is 0 Å². The van der Waals surface area contributed by atoms with Crippen molar-refractivity contribution >= 4 is 34.5 Å². The minimum Gasteiger partial charge on any atom is -0.289 e. The lowest BCUT2D eigenvalue weighted by molar-refractivity contribution is 0.619. The van der Waals surface area contributed by atoms with Crippen LogP contribution in [0.3, 0.4) is 0 Å². The van der Waals surface area contributed by atoms with Crippen molar-refractivity contribution in [2.24, 2.45) is 0 Å². The molecule has 0 bridgehead atoms. The van der Waals surface area contributed by atoms with Gasteiger partial charge in [0, 0.05) is 16.5 Å². The van der Waals surface area contributed by atoms with E-state index in [9.17, 15) is 4.39 Å². The molecule has 5 aromatic rings. The van der Waals surface area contributed by atoms with E-state index < -0.39 is 11.6 Å². The molecule has 0 amide bonds. The molecule has 0 unspecified atom stereocenters. The van der Waals surface area contributed by atoms with Crippen molar-refractivity contribution in [2.45, 2.75) is 0 Å². The van der Waals surface area contributed by atoms with Gasteiger partial charge in [0.15, 0.2) is 5.82 Å². The first-order valence-corrected chi connectivity index (χ1v) is 10.5. The van der Waals surface area contributed by atoms with Crippen molar-refractivity contribution < 1.29 is 8.78 Å². The Labute approximate surface area is 188 Å². The van der Waals surface area contributed by atoms with E-state index in [-0.39, 0.29) is 21.6 Å². The third-order valence-corrected chi connectivity index (χ3v) is 5.84. The number of H-pyrrole nitrogens is 1. The monoisotopic (exact) mass is 474 g/mol. The molecule has 2 aromatic carbocycles. The standard InChI is InChI=1S/C20H10Cl2F2N6S/c21-12-2-1-3-15(16(12)24)30-18(10-4-5-14(23)13(22)8-10)17(19-26-28-29-27-19)25-20(30)11-6-7-31-9-11/h1-9H,(H,26,27,28,29). The maximum absolute atomic E-state index is 15.2. The van der Waals surface area contributed by atoms with Gasteiger partial charge in [-0.05, 0) is 47.0 Å². The minimum atomic E-state index is -0.632. The molecule has 0 saturated heterocycles. The number of thiophene rings is 1. The molecule has 1 N–H and O–H groups in total. The van der Waals surface area contributed by atoms with E-state index in [2.05, 4.69) is 20.6 Å². The summed E-state index contributed by atoms with van der Waals surface area (Å²) >= 11 is 13.6. The van der Waals surface area contributed by atoms with Gasteiger partial charge in [0.25, 0.3) is 0 Å². The smallest absolute Gasteiger partial charge is 0.225 e. The topological polar surface area (TPSA) is 72.3 Å². The fourth-order valence-electron chi connectivity index (χ4n) is 3.23. The maximum atomic E-state index is 15.2. The van der Waals surface area contributed by atoms with Crippen LogP contribution in [0, 0.1) is 11.6 Å². The highest BCUT2D eigenvalue weighted by Crippen LogP contribution is 2.40. The minimum absolute atomic E-state index is 0.0494. The number of halogens is 4. The first-order valence-electron chi connectivity index (χ1n) is 8.83. The number of aromatic nitrogens is 6. The van der Waals surface area contributed by atoms with Gasteiger partial charge in [0.1, 0.15) is 17.3 Å². The van der Waals surface area contributed by atoms with Gasteiger partial charge in [0.2, 0.25) is 5.82 Å². The number of hydrogen-bond donors (Lipinski definition) is 1. The number of nitrogens with one attached hydrogen (secondary N) is 1. The molecular formula is C20H10Cl2F2N6S. The summed E-state index contributed by atoms with van der Waals surface area (Å²) in [4.78, 5) is 4.71.